The zero-order chi connectivity index (χ0) is 19.6. The smallest absolute Gasteiger partial charge is 0.323 e. The molecule has 0 atom stereocenters. The predicted molar refractivity (Wildman–Crippen MR) is 104 cm³/mol. The van der Waals surface area contributed by atoms with Gasteiger partial charge in [-0.3, -0.25) is 14.5 Å². The highest BCUT2D eigenvalue weighted by molar-refractivity contribution is 6.10. The molecule has 1 aromatic carbocycles. The normalized spacial score (nSPS) is 25.2. The molecule has 6 nitrogen and oxygen atoms in total. The molecule has 0 bridgehead atoms. The van der Waals surface area contributed by atoms with Gasteiger partial charge in [-0.25, -0.2) is 4.79 Å². The van der Waals surface area contributed by atoms with Gasteiger partial charge in [-0.1, -0.05) is 31.5 Å². The summed E-state index contributed by atoms with van der Waals surface area (Å²) in [6.07, 6.45) is 4.29. The first kappa shape index (κ1) is 19.4. The van der Waals surface area contributed by atoms with Crippen LogP contribution in [0.25, 0.3) is 0 Å². The Hall–Kier alpha value is -2.37. The van der Waals surface area contributed by atoms with Crippen molar-refractivity contribution in [2.75, 3.05) is 11.4 Å². The molecule has 0 unspecified atom stereocenters. The van der Waals surface area contributed by atoms with Crippen molar-refractivity contribution >= 4 is 23.5 Å². The molecule has 6 heteroatoms. The van der Waals surface area contributed by atoms with Gasteiger partial charge in [0, 0.05) is 11.7 Å². The molecule has 1 aromatic rings. The van der Waals surface area contributed by atoms with Crippen LogP contribution in [0.1, 0.15) is 52.9 Å². The minimum atomic E-state index is -0.807. The maximum Gasteiger partial charge on any atom is 0.325 e. The van der Waals surface area contributed by atoms with E-state index in [1.54, 1.807) is 4.90 Å². The Morgan fingerprint density at radius 2 is 1.85 bits per heavy atom. The molecule has 3 rings (SSSR count). The van der Waals surface area contributed by atoms with E-state index in [-0.39, 0.29) is 24.4 Å². The largest absolute Gasteiger partial charge is 0.325 e. The van der Waals surface area contributed by atoms with Gasteiger partial charge in [-0.15, -0.1) is 0 Å². The minimum absolute atomic E-state index is 0.0744. The molecule has 1 heterocycles. The summed E-state index contributed by atoms with van der Waals surface area (Å²) in [7, 11) is 0. The van der Waals surface area contributed by atoms with Gasteiger partial charge in [-0.2, -0.15) is 0 Å². The second kappa shape index (κ2) is 7.71. The van der Waals surface area contributed by atoms with E-state index in [1.807, 2.05) is 44.2 Å². The van der Waals surface area contributed by atoms with Crippen molar-refractivity contribution in [3.05, 3.63) is 30.3 Å². The van der Waals surface area contributed by atoms with Gasteiger partial charge in [0.1, 0.15) is 12.1 Å². The Kier molecular flexibility index (Phi) is 5.53. The summed E-state index contributed by atoms with van der Waals surface area (Å²) in [5.74, 6) is 0.122. The highest BCUT2D eigenvalue weighted by Crippen LogP contribution is 2.37. The molecule has 146 valence electrons. The van der Waals surface area contributed by atoms with Crippen molar-refractivity contribution in [2.24, 2.45) is 5.92 Å². The number of carbonyl (C=O) groups excluding carboxylic acids is 3. The van der Waals surface area contributed by atoms with Gasteiger partial charge in [0.05, 0.1) is 0 Å². The van der Waals surface area contributed by atoms with Crippen LogP contribution in [0.4, 0.5) is 10.5 Å². The van der Waals surface area contributed by atoms with Crippen molar-refractivity contribution in [3.63, 3.8) is 0 Å². The van der Waals surface area contributed by atoms with E-state index < -0.39 is 11.6 Å². The lowest BCUT2D eigenvalue weighted by Crippen LogP contribution is -2.50. The summed E-state index contributed by atoms with van der Waals surface area (Å²) in [5.41, 5.74) is -0.0407. The lowest BCUT2D eigenvalue weighted by atomic mass is 9.75. The number of nitrogens with one attached hydrogen (secondary N) is 1. The zero-order valence-electron chi connectivity index (χ0n) is 16.4. The van der Waals surface area contributed by atoms with Gasteiger partial charge in [-0.05, 0) is 57.6 Å². The van der Waals surface area contributed by atoms with Crippen LogP contribution in [0.15, 0.2) is 30.3 Å². The Labute approximate surface area is 160 Å². The summed E-state index contributed by atoms with van der Waals surface area (Å²) in [4.78, 5) is 41.2. The maximum absolute atomic E-state index is 13.0. The van der Waals surface area contributed by atoms with Crippen LogP contribution in [0.5, 0.6) is 0 Å². The van der Waals surface area contributed by atoms with Crippen molar-refractivity contribution in [1.29, 1.82) is 0 Å². The standard InChI is InChI=1S/C21H29N3O3/c1-4-16-10-12-21(13-11-16)19(26)23(20(27)22-21)14-18(25)24(15(2)3)17-8-6-5-7-9-17/h5-9,15-16H,4,10-14H2,1-3H3,(H,22,27). The van der Waals surface area contributed by atoms with Gasteiger partial charge in [0.2, 0.25) is 5.91 Å². The van der Waals surface area contributed by atoms with Gasteiger partial charge in [0.15, 0.2) is 0 Å². The van der Waals surface area contributed by atoms with Gasteiger partial charge < -0.3 is 10.2 Å². The maximum atomic E-state index is 13.0. The molecule has 1 spiro atoms. The molecule has 0 radical (unpaired) electrons. The van der Waals surface area contributed by atoms with E-state index >= 15 is 0 Å². The Bertz CT molecular complexity index is 709. The van der Waals surface area contributed by atoms with Crippen LogP contribution in [-0.2, 0) is 9.59 Å². The third kappa shape index (κ3) is 3.70. The number of urea groups is 1. The fourth-order valence-corrected chi connectivity index (χ4v) is 4.27. The number of amides is 4. The van der Waals surface area contributed by atoms with Crippen LogP contribution in [0, 0.1) is 5.92 Å². The molecule has 1 saturated carbocycles. The van der Waals surface area contributed by atoms with E-state index in [9.17, 15) is 14.4 Å². The Morgan fingerprint density at radius 1 is 1.22 bits per heavy atom. The van der Waals surface area contributed by atoms with Crippen LogP contribution >= 0.6 is 0 Å². The predicted octanol–water partition coefficient (Wildman–Crippen LogP) is 3.32. The quantitative estimate of drug-likeness (QED) is 0.807. The summed E-state index contributed by atoms with van der Waals surface area (Å²) in [6, 6.07) is 8.82. The van der Waals surface area contributed by atoms with Crippen LogP contribution in [0.3, 0.4) is 0 Å². The summed E-state index contributed by atoms with van der Waals surface area (Å²) < 4.78 is 0. The van der Waals surface area contributed by atoms with E-state index in [1.165, 1.54) is 0 Å². The molecule has 1 N–H and O–H groups in total. The van der Waals surface area contributed by atoms with Crippen molar-refractivity contribution in [1.82, 2.24) is 10.2 Å². The highest BCUT2D eigenvalue weighted by atomic mass is 16.2. The number of benzene rings is 1. The summed E-state index contributed by atoms with van der Waals surface area (Å²) in [5, 5.41) is 2.89. The third-order valence-corrected chi connectivity index (χ3v) is 5.89. The molecule has 4 amide bonds. The number of rotatable bonds is 5. The molecule has 2 aliphatic rings. The van der Waals surface area contributed by atoms with E-state index in [0.29, 0.717) is 18.8 Å². The van der Waals surface area contributed by atoms with E-state index in [0.717, 1.165) is 29.8 Å². The fourth-order valence-electron chi connectivity index (χ4n) is 4.27. The molecule has 1 aliphatic carbocycles. The highest BCUT2D eigenvalue weighted by Gasteiger charge is 2.52. The summed E-state index contributed by atoms with van der Waals surface area (Å²) in [6.45, 7) is 5.78. The first-order valence-corrected chi connectivity index (χ1v) is 9.89. The number of imide groups is 1. The molecular weight excluding hydrogens is 342 g/mol. The van der Waals surface area contributed by atoms with E-state index in [2.05, 4.69) is 12.2 Å². The van der Waals surface area contributed by atoms with Crippen LogP contribution in [0.2, 0.25) is 0 Å². The monoisotopic (exact) mass is 371 g/mol. The molecule has 1 aliphatic heterocycles. The SMILES string of the molecule is CCC1CCC2(CC1)NC(=O)N(CC(=O)N(c1ccccc1)C(C)C)C2=O. The van der Waals surface area contributed by atoms with Gasteiger partial charge >= 0.3 is 6.03 Å². The lowest BCUT2D eigenvalue weighted by Gasteiger charge is -2.34. The Balaban J connectivity index is 1.74. The fraction of sp³-hybridized carbons (Fsp3) is 0.571. The molecule has 1 saturated heterocycles. The van der Waals surface area contributed by atoms with E-state index in [4.69, 9.17) is 0 Å². The topological polar surface area (TPSA) is 69.7 Å². The second-order valence-electron chi connectivity index (χ2n) is 7.95. The number of nitrogens with zero attached hydrogens (tertiary/aromatic N) is 2. The molecule has 0 aromatic heterocycles. The minimum Gasteiger partial charge on any atom is -0.323 e. The second-order valence-corrected chi connectivity index (χ2v) is 7.95. The van der Waals surface area contributed by atoms with Crippen molar-refractivity contribution in [3.8, 4) is 0 Å². The van der Waals surface area contributed by atoms with Crippen molar-refractivity contribution < 1.29 is 14.4 Å². The van der Waals surface area contributed by atoms with Crippen LogP contribution < -0.4 is 10.2 Å². The first-order chi connectivity index (χ1) is 12.9. The number of anilines is 1. The summed E-state index contributed by atoms with van der Waals surface area (Å²) >= 11 is 0. The zero-order valence-corrected chi connectivity index (χ0v) is 16.4. The number of hydrogen-bond donors (Lipinski definition) is 1. The average Bonchev–Trinajstić information content (AvgIpc) is 2.87. The number of carbonyl (C=O) groups is 3. The first-order valence-electron chi connectivity index (χ1n) is 9.89. The lowest BCUT2D eigenvalue weighted by molar-refractivity contribution is -0.135. The molecule has 2 fully saturated rings. The number of hydrogen-bond acceptors (Lipinski definition) is 3. The molecule has 27 heavy (non-hydrogen) atoms. The average molecular weight is 371 g/mol. The van der Waals surface area contributed by atoms with Crippen LogP contribution in [-0.4, -0.2) is 40.9 Å². The third-order valence-electron chi connectivity index (χ3n) is 5.89. The molecular formula is C21H29N3O3. The van der Waals surface area contributed by atoms with Gasteiger partial charge in [0.25, 0.3) is 5.91 Å². The van der Waals surface area contributed by atoms with Crippen molar-refractivity contribution in [2.45, 2.75) is 64.5 Å². The Morgan fingerprint density at radius 3 is 2.41 bits per heavy atom. The number of para-hydroxylation sites is 1.